The molecule has 3 saturated heterocycles. The van der Waals surface area contributed by atoms with Gasteiger partial charge in [0.15, 0.2) is 18.2 Å². The predicted octanol–water partition coefficient (Wildman–Crippen LogP) is 4.72. The normalized spacial score (nSPS) is 23.7. The van der Waals surface area contributed by atoms with Crippen molar-refractivity contribution in [1.29, 1.82) is 0 Å². The van der Waals surface area contributed by atoms with Crippen molar-refractivity contribution in [1.82, 2.24) is 35.0 Å². The fourth-order valence-electron chi connectivity index (χ4n) is 10.4. The maximum absolute atomic E-state index is 13.7. The summed E-state index contributed by atoms with van der Waals surface area (Å²) in [6.07, 6.45) is 5.73. The molecule has 4 aliphatic heterocycles. The zero-order valence-corrected chi connectivity index (χ0v) is 39.4. The SMILES string of the molecule is CNC(=O)COc1cc2cc(Nc3nc(N4CCC(O[C@H]5C[C@H](N6C[C@@H](C)N(c7ccc8c(c7C)C(=O)N(C7CCC(=O)NC7=O)C8=O)C[C@@H]6C)C5)CC4)ncc3Cl)ccc2n(C(C)C)c1=O. The van der Waals surface area contributed by atoms with Gasteiger partial charge >= 0.3 is 0 Å². The lowest BCUT2D eigenvalue weighted by Gasteiger charge is -2.53. The molecule has 67 heavy (non-hydrogen) atoms. The Morgan fingerprint density at radius 2 is 1.72 bits per heavy atom. The standard InChI is InChI=1S/C48H57ClN10O8/c1-25(2)58-37-9-7-30(17-29(37)18-39(46(58)64)66-24-41(61)50-6)52-43-35(49)21-51-48(54-43)55-15-13-32(14-16-55)67-33-19-31(20-33)56-22-27(4)57(23-26(56)3)36-10-8-34-42(28(36)5)47(65)59(45(34)63)38-11-12-40(60)53-44(38)62/h7-10,17-18,21,25-27,31-33,38H,11-16,19-20,22-24H2,1-6H3,(H,50,61)(H,51,52,54)(H,53,60,62)/t26-,27+,31-,33-,38?/m0/s1. The molecule has 0 spiro atoms. The van der Waals surface area contributed by atoms with Crippen LogP contribution in [0.5, 0.6) is 5.75 Å². The van der Waals surface area contributed by atoms with E-state index >= 15 is 0 Å². The number of imide groups is 2. The number of carbonyl (C=O) groups excluding carboxylic acids is 5. The third-order valence-corrected chi connectivity index (χ3v) is 14.3. The number of ether oxygens (including phenoxy) is 2. The summed E-state index contributed by atoms with van der Waals surface area (Å²) in [6.45, 7) is 12.9. The smallest absolute Gasteiger partial charge is 0.293 e. The van der Waals surface area contributed by atoms with Crippen molar-refractivity contribution < 1.29 is 33.4 Å². The van der Waals surface area contributed by atoms with Crippen LogP contribution in [0, 0.1) is 6.92 Å². The minimum Gasteiger partial charge on any atom is -0.478 e. The second-order valence-corrected chi connectivity index (χ2v) is 19.1. The number of hydrogen-bond acceptors (Lipinski definition) is 14. The topological polar surface area (TPSA) is 201 Å². The maximum Gasteiger partial charge on any atom is 0.293 e. The number of carbonyl (C=O) groups is 5. The van der Waals surface area contributed by atoms with Crippen LogP contribution in [0.1, 0.15) is 98.5 Å². The van der Waals surface area contributed by atoms with Gasteiger partial charge in [-0.25, -0.2) is 4.98 Å². The van der Waals surface area contributed by atoms with Gasteiger partial charge in [0.05, 0.1) is 35.0 Å². The lowest BCUT2D eigenvalue weighted by Crippen LogP contribution is -2.62. The van der Waals surface area contributed by atoms with Gasteiger partial charge in [0.1, 0.15) is 11.1 Å². The van der Waals surface area contributed by atoms with Crippen molar-refractivity contribution in [2.45, 2.75) is 116 Å². The van der Waals surface area contributed by atoms with E-state index in [0.29, 0.717) is 39.6 Å². The lowest BCUT2D eigenvalue weighted by atomic mass is 9.85. The van der Waals surface area contributed by atoms with Gasteiger partial charge in [-0.1, -0.05) is 11.6 Å². The van der Waals surface area contributed by atoms with Crippen LogP contribution >= 0.6 is 11.6 Å². The van der Waals surface area contributed by atoms with E-state index in [1.807, 2.05) is 45.0 Å². The van der Waals surface area contributed by atoms with Crippen molar-refractivity contribution in [3.8, 4) is 5.75 Å². The van der Waals surface area contributed by atoms with Crippen LogP contribution in [-0.2, 0) is 19.1 Å². The third kappa shape index (κ3) is 8.82. The molecule has 5 aliphatic rings. The molecule has 0 bridgehead atoms. The van der Waals surface area contributed by atoms with Crippen LogP contribution in [0.2, 0.25) is 5.02 Å². The number of aromatic nitrogens is 3. The van der Waals surface area contributed by atoms with Crippen molar-refractivity contribution in [3.63, 3.8) is 0 Å². The predicted molar refractivity (Wildman–Crippen MR) is 252 cm³/mol. The number of benzene rings is 2. The van der Waals surface area contributed by atoms with Gasteiger partial charge in [-0.2, -0.15) is 4.98 Å². The highest BCUT2D eigenvalue weighted by molar-refractivity contribution is 6.33. The first-order valence-electron chi connectivity index (χ1n) is 23.2. The molecule has 3 N–H and O–H groups in total. The Hall–Kier alpha value is -6.11. The molecule has 19 heteroatoms. The van der Waals surface area contributed by atoms with Crippen molar-refractivity contribution in [2.24, 2.45) is 0 Å². The summed E-state index contributed by atoms with van der Waals surface area (Å²) in [5.41, 5.74) is 3.39. The average Bonchev–Trinajstić information content (AvgIpc) is 3.54. The van der Waals surface area contributed by atoms with Crippen molar-refractivity contribution in [3.05, 3.63) is 74.7 Å². The number of likely N-dealkylation sites (N-methyl/N-ethyl adjacent to an activating group) is 1. The first-order chi connectivity index (χ1) is 32.1. The molecule has 1 saturated carbocycles. The molecule has 4 fully saturated rings. The van der Waals surface area contributed by atoms with Crippen molar-refractivity contribution in [2.75, 3.05) is 55.0 Å². The Bertz CT molecular complexity index is 2710. The molecule has 1 unspecified atom stereocenters. The summed E-state index contributed by atoms with van der Waals surface area (Å²) in [4.78, 5) is 94.1. The largest absolute Gasteiger partial charge is 0.478 e. The Morgan fingerprint density at radius 1 is 0.955 bits per heavy atom. The van der Waals surface area contributed by atoms with Crippen LogP contribution in [-0.4, -0.2) is 130 Å². The summed E-state index contributed by atoms with van der Waals surface area (Å²) in [5.74, 6) is -1.22. The Kier molecular flexibility index (Phi) is 12.7. The molecule has 9 rings (SSSR count). The highest BCUT2D eigenvalue weighted by atomic mass is 35.5. The minimum atomic E-state index is -0.999. The van der Waals surface area contributed by atoms with E-state index in [9.17, 15) is 28.8 Å². The number of rotatable bonds is 12. The monoisotopic (exact) mass is 936 g/mol. The quantitative estimate of drug-likeness (QED) is 0.165. The van der Waals surface area contributed by atoms with E-state index < -0.39 is 29.7 Å². The number of amides is 5. The summed E-state index contributed by atoms with van der Waals surface area (Å²) in [6, 6.07) is 10.5. The van der Waals surface area contributed by atoms with Crippen LogP contribution in [0.25, 0.3) is 10.9 Å². The molecule has 4 aromatic rings. The molecule has 5 amide bonds. The van der Waals surface area contributed by atoms with Gasteiger partial charge in [0.25, 0.3) is 23.3 Å². The Labute approximate surface area is 393 Å². The van der Waals surface area contributed by atoms with E-state index in [1.54, 1.807) is 22.9 Å². The molecule has 6 heterocycles. The molecule has 3 atom stereocenters. The maximum atomic E-state index is 13.7. The summed E-state index contributed by atoms with van der Waals surface area (Å²) in [5, 5.41) is 9.21. The number of halogens is 1. The van der Waals surface area contributed by atoms with Gasteiger partial charge in [0.2, 0.25) is 17.8 Å². The number of pyridine rings is 1. The Morgan fingerprint density at radius 3 is 2.43 bits per heavy atom. The number of piperidine rings is 2. The first-order valence-corrected chi connectivity index (χ1v) is 23.6. The van der Waals surface area contributed by atoms with Crippen LogP contribution < -0.4 is 36.0 Å². The summed E-state index contributed by atoms with van der Waals surface area (Å²) < 4.78 is 13.9. The number of hydrogen-bond donors (Lipinski definition) is 3. The highest BCUT2D eigenvalue weighted by Gasteiger charge is 2.47. The van der Waals surface area contributed by atoms with E-state index in [0.717, 1.165) is 78.9 Å². The fraction of sp³-hybridized carbons (Fsp3) is 0.500. The number of nitrogens with zero attached hydrogens (tertiary/aromatic N) is 7. The zero-order valence-electron chi connectivity index (χ0n) is 38.6. The van der Waals surface area contributed by atoms with Gasteiger partial charge in [-0.15, -0.1) is 0 Å². The number of fused-ring (bicyclic) bond motifs is 2. The molecule has 2 aromatic carbocycles. The van der Waals surface area contributed by atoms with E-state index in [1.165, 1.54) is 7.05 Å². The molecule has 354 valence electrons. The van der Waals surface area contributed by atoms with Gasteiger partial charge < -0.3 is 34.5 Å². The minimum absolute atomic E-state index is 0.0781. The van der Waals surface area contributed by atoms with E-state index in [-0.39, 0.29) is 67.0 Å². The van der Waals surface area contributed by atoms with Gasteiger partial charge in [-0.3, -0.25) is 43.9 Å². The first kappa shape index (κ1) is 46.0. The number of nitrogens with one attached hydrogen (secondary N) is 3. The summed E-state index contributed by atoms with van der Waals surface area (Å²) >= 11 is 6.62. The van der Waals surface area contributed by atoms with E-state index in [4.69, 9.17) is 26.1 Å². The zero-order chi connectivity index (χ0) is 47.4. The fourth-order valence-corrected chi connectivity index (χ4v) is 10.5. The molecule has 2 aromatic heterocycles. The molecule has 18 nitrogen and oxygen atoms in total. The second kappa shape index (κ2) is 18.5. The number of anilines is 4. The molecular weight excluding hydrogens is 880 g/mol. The third-order valence-electron chi connectivity index (χ3n) is 14.0. The Balaban J connectivity index is 0.774. The van der Waals surface area contributed by atoms with Crippen LogP contribution in [0.4, 0.5) is 23.1 Å². The number of piperazine rings is 1. The lowest BCUT2D eigenvalue weighted by molar-refractivity contribution is -0.136. The molecular formula is C48H57ClN10O8. The highest BCUT2D eigenvalue weighted by Crippen LogP contribution is 2.39. The molecule has 0 radical (unpaired) electrons. The van der Waals surface area contributed by atoms with Gasteiger partial charge in [0, 0.05) is 80.6 Å². The van der Waals surface area contributed by atoms with Crippen LogP contribution in [0.15, 0.2) is 47.4 Å². The second-order valence-electron chi connectivity index (χ2n) is 18.7. The average molecular weight is 937 g/mol. The van der Waals surface area contributed by atoms with Gasteiger partial charge in [-0.05, 0) is 109 Å². The molecule has 1 aliphatic carbocycles. The van der Waals surface area contributed by atoms with Crippen LogP contribution in [0.3, 0.4) is 0 Å². The van der Waals surface area contributed by atoms with E-state index in [2.05, 4.69) is 49.5 Å². The summed E-state index contributed by atoms with van der Waals surface area (Å²) in [7, 11) is 1.51. The van der Waals surface area contributed by atoms with Crippen molar-refractivity contribution >= 4 is 75.2 Å².